The van der Waals surface area contributed by atoms with Crippen molar-refractivity contribution in [3.63, 3.8) is 0 Å². The van der Waals surface area contributed by atoms with Gasteiger partial charge >= 0.3 is 0 Å². The fourth-order valence-corrected chi connectivity index (χ4v) is 2.39. The minimum atomic E-state index is -0.793. The van der Waals surface area contributed by atoms with E-state index in [4.69, 9.17) is 4.74 Å². The molecule has 0 saturated carbocycles. The smallest absolute Gasteiger partial charge is 0.274 e. The standard InChI is InChI=1S/C20H18F2N4O2/c1-12(2)28-17-9-4-3-8-15(17)24-19(27)16-10-11-23-20(25-16)26-18-13(21)6-5-7-14(18)22/h3-12H,1-2H3,(H,24,27)(H,23,25,26). The van der Waals surface area contributed by atoms with Crippen LogP contribution < -0.4 is 15.4 Å². The number of carbonyl (C=O) groups excluding carboxylic acids is 1. The number of para-hydroxylation sites is 3. The van der Waals surface area contributed by atoms with Gasteiger partial charge in [0.15, 0.2) is 0 Å². The summed E-state index contributed by atoms with van der Waals surface area (Å²) in [4.78, 5) is 20.5. The summed E-state index contributed by atoms with van der Waals surface area (Å²) in [5, 5.41) is 5.18. The molecule has 1 amide bonds. The van der Waals surface area contributed by atoms with Gasteiger partial charge in [-0.1, -0.05) is 18.2 Å². The molecule has 2 aromatic carbocycles. The second-order valence-electron chi connectivity index (χ2n) is 6.10. The molecule has 0 atom stereocenters. The zero-order valence-electron chi connectivity index (χ0n) is 15.2. The van der Waals surface area contributed by atoms with Gasteiger partial charge in [-0.2, -0.15) is 0 Å². The van der Waals surface area contributed by atoms with E-state index in [1.165, 1.54) is 18.3 Å². The molecular weight excluding hydrogens is 366 g/mol. The number of benzene rings is 2. The molecule has 1 heterocycles. The maximum absolute atomic E-state index is 13.8. The van der Waals surface area contributed by atoms with E-state index in [0.29, 0.717) is 11.4 Å². The number of aromatic nitrogens is 2. The zero-order chi connectivity index (χ0) is 20.1. The quantitative estimate of drug-likeness (QED) is 0.653. The maximum atomic E-state index is 13.8. The van der Waals surface area contributed by atoms with Gasteiger partial charge < -0.3 is 15.4 Å². The Morgan fingerprint density at radius 1 is 1.04 bits per heavy atom. The third kappa shape index (κ3) is 4.59. The van der Waals surface area contributed by atoms with Crippen LogP contribution in [-0.2, 0) is 0 Å². The van der Waals surface area contributed by atoms with Crippen molar-refractivity contribution in [3.8, 4) is 5.75 Å². The molecule has 144 valence electrons. The van der Waals surface area contributed by atoms with Crippen molar-refractivity contribution in [3.05, 3.63) is 72.1 Å². The topological polar surface area (TPSA) is 76.1 Å². The molecule has 0 aliphatic carbocycles. The van der Waals surface area contributed by atoms with Crippen LogP contribution in [0.1, 0.15) is 24.3 Å². The van der Waals surface area contributed by atoms with Gasteiger partial charge in [-0.25, -0.2) is 18.7 Å². The fourth-order valence-electron chi connectivity index (χ4n) is 2.39. The van der Waals surface area contributed by atoms with Crippen LogP contribution in [0.2, 0.25) is 0 Å². The van der Waals surface area contributed by atoms with Gasteiger partial charge in [-0.15, -0.1) is 0 Å². The highest BCUT2D eigenvalue weighted by atomic mass is 19.1. The molecule has 2 N–H and O–H groups in total. The predicted octanol–water partition coefficient (Wildman–Crippen LogP) is 4.54. The molecule has 0 unspecified atom stereocenters. The first-order valence-corrected chi connectivity index (χ1v) is 8.55. The molecular formula is C20H18F2N4O2. The van der Waals surface area contributed by atoms with Crippen LogP contribution in [0.5, 0.6) is 5.75 Å². The third-order valence-electron chi connectivity index (χ3n) is 3.59. The first-order chi connectivity index (χ1) is 13.4. The molecule has 0 saturated heterocycles. The molecule has 6 nitrogen and oxygen atoms in total. The molecule has 0 fully saturated rings. The first kappa shape index (κ1) is 19.2. The monoisotopic (exact) mass is 384 g/mol. The lowest BCUT2D eigenvalue weighted by Gasteiger charge is -2.14. The van der Waals surface area contributed by atoms with Crippen molar-refractivity contribution < 1.29 is 18.3 Å². The summed E-state index contributed by atoms with van der Waals surface area (Å²) in [7, 11) is 0. The van der Waals surface area contributed by atoms with E-state index in [1.807, 2.05) is 13.8 Å². The Kier molecular flexibility index (Phi) is 5.78. The number of amides is 1. The van der Waals surface area contributed by atoms with Crippen LogP contribution >= 0.6 is 0 Å². The molecule has 1 aromatic heterocycles. The van der Waals surface area contributed by atoms with Crippen molar-refractivity contribution in [2.24, 2.45) is 0 Å². The van der Waals surface area contributed by atoms with E-state index in [2.05, 4.69) is 20.6 Å². The second kappa shape index (κ2) is 8.43. The number of hydrogen-bond acceptors (Lipinski definition) is 5. The van der Waals surface area contributed by atoms with E-state index in [9.17, 15) is 13.6 Å². The zero-order valence-corrected chi connectivity index (χ0v) is 15.2. The maximum Gasteiger partial charge on any atom is 0.274 e. The predicted molar refractivity (Wildman–Crippen MR) is 102 cm³/mol. The highest BCUT2D eigenvalue weighted by Gasteiger charge is 2.14. The minimum absolute atomic E-state index is 0.0218. The number of nitrogens with one attached hydrogen (secondary N) is 2. The van der Waals surface area contributed by atoms with Gasteiger partial charge in [-0.3, -0.25) is 4.79 Å². The van der Waals surface area contributed by atoms with E-state index >= 15 is 0 Å². The Morgan fingerprint density at radius 2 is 1.75 bits per heavy atom. The van der Waals surface area contributed by atoms with Crippen LogP contribution in [0.15, 0.2) is 54.7 Å². The van der Waals surface area contributed by atoms with Crippen molar-refractivity contribution >= 4 is 23.2 Å². The first-order valence-electron chi connectivity index (χ1n) is 8.55. The highest BCUT2D eigenvalue weighted by molar-refractivity contribution is 6.03. The summed E-state index contributed by atoms with van der Waals surface area (Å²) < 4.78 is 33.2. The van der Waals surface area contributed by atoms with Gasteiger partial charge in [-0.05, 0) is 44.2 Å². The van der Waals surface area contributed by atoms with Crippen LogP contribution in [-0.4, -0.2) is 22.0 Å². The Bertz CT molecular complexity index is 975. The fraction of sp³-hybridized carbons (Fsp3) is 0.150. The van der Waals surface area contributed by atoms with Crippen LogP contribution in [0.25, 0.3) is 0 Å². The van der Waals surface area contributed by atoms with Crippen molar-refractivity contribution in [1.82, 2.24) is 9.97 Å². The summed E-state index contributed by atoms with van der Waals surface area (Å²) in [5.41, 5.74) is 0.110. The number of halogens is 2. The van der Waals surface area contributed by atoms with E-state index in [1.54, 1.807) is 24.3 Å². The summed E-state index contributed by atoms with van der Waals surface area (Å²) in [6.07, 6.45) is 1.25. The lowest BCUT2D eigenvalue weighted by molar-refractivity contribution is 0.102. The number of rotatable bonds is 6. The lowest BCUT2D eigenvalue weighted by atomic mass is 10.2. The van der Waals surface area contributed by atoms with E-state index < -0.39 is 23.2 Å². The van der Waals surface area contributed by atoms with Crippen LogP contribution in [0.4, 0.5) is 26.1 Å². The molecule has 3 rings (SSSR count). The molecule has 28 heavy (non-hydrogen) atoms. The molecule has 0 spiro atoms. The number of ether oxygens (including phenoxy) is 1. The van der Waals surface area contributed by atoms with Gasteiger partial charge in [0.1, 0.15) is 28.8 Å². The summed E-state index contributed by atoms with van der Waals surface area (Å²) in [5.74, 6) is -1.69. The molecule has 3 aromatic rings. The van der Waals surface area contributed by atoms with E-state index in [0.717, 1.165) is 12.1 Å². The Balaban J connectivity index is 1.80. The SMILES string of the molecule is CC(C)Oc1ccccc1NC(=O)c1ccnc(Nc2c(F)cccc2F)n1. The molecule has 8 heteroatoms. The van der Waals surface area contributed by atoms with Crippen LogP contribution in [0.3, 0.4) is 0 Å². The average Bonchev–Trinajstić information content (AvgIpc) is 2.66. The summed E-state index contributed by atoms with van der Waals surface area (Å²) in [6, 6.07) is 11.8. The summed E-state index contributed by atoms with van der Waals surface area (Å²) in [6.45, 7) is 3.76. The Labute approximate surface area is 160 Å². The largest absolute Gasteiger partial charge is 0.489 e. The Morgan fingerprint density at radius 3 is 2.46 bits per heavy atom. The minimum Gasteiger partial charge on any atom is -0.489 e. The third-order valence-corrected chi connectivity index (χ3v) is 3.59. The van der Waals surface area contributed by atoms with Crippen LogP contribution in [0, 0.1) is 11.6 Å². The van der Waals surface area contributed by atoms with E-state index in [-0.39, 0.29) is 17.7 Å². The van der Waals surface area contributed by atoms with Gasteiger partial charge in [0.2, 0.25) is 5.95 Å². The second-order valence-corrected chi connectivity index (χ2v) is 6.10. The summed E-state index contributed by atoms with van der Waals surface area (Å²) >= 11 is 0. The molecule has 0 radical (unpaired) electrons. The van der Waals surface area contributed by atoms with Gasteiger partial charge in [0.05, 0.1) is 11.8 Å². The molecule has 0 bridgehead atoms. The average molecular weight is 384 g/mol. The highest BCUT2D eigenvalue weighted by Crippen LogP contribution is 2.25. The number of hydrogen-bond donors (Lipinski definition) is 2. The lowest BCUT2D eigenvalue weighted by Crippen LogP contribution is -2.16. The normalized spacial score (nSPS) is 10.6. The van der Waals surface area contributed by atoms with Crippen molar-refractivity contribution in [2.45, 2.75) is 20.0 Å². The number of carbonyl (C=O) groups is 1. The number of nitrogens with zero attached hydrogens (tertiary/aromatic N) is 2. The van der Waals surface area contributed by atoms with Gasteiger partial charge in [0, 0.05) is 6.20 Å². The number of anilines is 3. The van der Waals surface area contributed by atoms with Crippen molar-refractivity contribution in [2.75, 3.05) is 10.6 Å². The molecule has 0 aliphatic heterocycles. The Hall–Kier alpha value is -3.55. The van der Waals surface area contributed by atoms with Gasteiger partial charge in [0.25, 0.3) is 5.91 Å². The van der Waals surface area contributed by atoms with Crippen molar-refractivity contribution in [1.29, 1.82) is 0 Å². The molecule has 0 aliphatic rings.